The highest BCUT2D eigenvalue weighted by Crippen LogP contribution is 2.28. The normalized spacial score (nSPS) is 19.5. The van der Waals surface area contributed by atoms with Crippen LogP contribution in [0.1, 0.15) is 5.56 Å². The molecular weight excluding hydrogens is 304 g/mol. The van der Waals surface area contributed by atoms with E-state index in [0.29, 0.717) is 12.2 Å². The van der Waals surface area contributed by atoms with Gasteiger partial charge >= 0.3 is 0 Å². The molecule has 2 N–H and O–H groups in total. The second-order valence-electron chi connectivity index (χ2n) is 6.05. The van der Waals surface area contributed by atoms with Crippen LogP contribution in [0.15, 0.2) is 42.6 Å². The first-order chi connectivity index (χ1) is 11.8. The minimum atomic E-state index is -0.489. The van der Waals surface area contributed by atoms with Crippen LogP contribution in [0.4, 0.5) is 11.5 Å². The Morgan fingerprint density at radius 1 is 1.21 bits per heavy atom. The van der Waals surface area contributed by atoms with Gasteiger partial charge in [0.15, 0.2) is 6.10 Å². The molecule has 1 aromatic heterocycles. The third-order valence-electron chi connectivity index (χ3n) is 4.42. The monoisotopic (exact) mass is 324 g/mol. The van der Waals surface area contributed by atoms with Crippen LogP contribution < -0.4 is 20.3 Å². The van der Waals surface area contributed by atoms with Crippen molar-refractivity contribution in [3.05, 3.63) is 48.2 Å². The van der Waals surface area contributed by atoms with Gasteiger partial charge in [0.1, 0.15) is 11.6 Å². The van der Waals surface area contributed by atoms with Crippen molar-refractivity contribution in [2.24, 2.45) is 0 Å². The van der Waals surface area contributed by atoms with Crippen LogP contribution in [-0.2, 0) is 11.2 Å². The van der Waals surface area contributed by atoms with Crippen LogP contribution in [0.5, 0.6) is 5.75 Å². The number of para-hydroxylation sites is 1. The highest BCUT2D eigenvalue weighted by Gasteiger charge is 2.28. The van der Waals surface area contributed by atoms with Crippen LogP contribution in [0.25, 0.3) is 0 Å². The molecule has 1 aromatic carbocycles. The first-order valence-corrected chi connectivity index (χ1v) is 8.27. The molecule has 0 spiro atoms. The standard InChI is InChI=1S/C18H20N4O2/c23-18(16-11-13-3-1-2-4-15(13)24-16)21-17-6-5-14(12-20-17)22-9-7-19-8-10-22/h1-6,12,16,19H,7-11H2,(H,20,21,23). The van der Waals surface area contributed by atoms with Crippen molar-refractivity contribution < 1.29 is 9.53 Å². The number of hydrogen-bond donors (Lipinski definition) is 2. The van der Waals surface area contributed by atoms with Crippen molar-refractivity contribution in [3.63, 3.8) is 0 Å². The topological polar surface area (TPSA) is 66.5 Å². The Balaban J connectivity index is 1.38. The van der Waals surface area contributed by atoms with Gasteiger partial charge in [-0.2, -0.15) is 0 Å². The lowest BCUT2D eigenvalue weighted by atomic mass is 10.1. The first kappa shape index (κ1) is 15.0. The molecule has 1 fully saturated rings. The number of carbonyl (C=O) groups excluding carboxylic acids is 1. The number of aromatic nitrogens is 1. The van der Waals surface area contributed by atoms with Gasteiger partial charge in [0.05, 0.1) is 11.9 Å². The average molecular weight is 324 g/mol. The second-order valence-corrected chi connectivity index (χ2v) is 6.05. The number of benzene rings is 1. The van der Waals surface area contributed by atoms with Crippen molar-refractivity contribution in [1.29, 1.82) is 0 Å². The Kier molecular flexibility index (Phi) is 4.04. The summed E-state index contributed by atoms with van der Waals surface area (Å²) < 4.78 is 5.70. The molecule has 6 nitrogen and oxygen atoms in total. The maximum absolute atomic E-state index is 12.4. The fourth-order valence-corrected chi connectivity index (χ4v) is 3.11. The van der Waals surface area contributed by atoms with E-state index in [1.165, 1.54) is 0 Å². The molecule has 1 unspecified atom stereocenters. The Hall–Kier alpha value is -2.60. The zero-order valence-electron chi connectivity index (χ0n) is 13.4. The summed E-state index contributed by atoms with van der Waals surface area (Å²) >= 11 is 0. The molecule has 1 atom stereocenters. The van der Waals surface area contributed by atoms with Crippen molar-refractivity contribution in [3.8, 4) is 5.75 Å². The molecule has 124 valence electrons. The van der Waals surface area contributed by atoms with Gasteiger partial charge in [-0.15, -0.1) is 0 Å². The van der Waals surface area contributed by atoms with Gasteiger partial charge in [-0.1, -0.05) is 18.2 Å². The molecule has 0 aliphatic carbocycles. The average Bonchev–Trinajstić information content (AvgIpc) is 3.07. The number of pyridine rings is 1. The SMILES string of the molecule is O=C(Nc1ccc(N2CCNCC2)cn1)C1Cc2ccccc2O1. The Morgan fingerprint density at radius 3 is 2.79 bits per heavy atom. The van der Waals surface area contributed by atoms with E-state index >= 15 is 0 Å². The van der Waals surface area contributed by atoms with Gasteiger partial charge < -0.3 is 20.3 Å². The number of nitrogens with one attached hydrogen (secondary N) is 2. The minimum absolute atomic E-state index is 0.159. The number of hydrogen-bond acceptors (Lipinski definition) is 5. The van der Waals surface area contributed by atoms with Crippen LogP contribution in [-0.4, -0.2) is 43.2 Å². The summed E-state index contributed by atoms with van der Waals surface area (Å²) in [5, 5.41) is 6.17. The summed E-state index contributed by atoms with van der Waals surface area (Å²) in [5.41, 5.74) is 2.15. The lowest BCUT2D eigenvalue weighted by Crippen LogP contribution is -2.43. The van der Waals surface area contributed by atoms with Crippen molar-refractivity contribution in [1.82, 2.24) is 10.3 Å². The third-order valence-corrected chi connectivity index (χ3v) is 4.42. The van der Waals surface area contributed by atoms with E-state index in [1.807, 2.05) is 42.6 Å². The molecule has 3 heterocycles. The predicted molar refractivity (Wildman–Crippen MR) is 92.5 cm³/mol. The summed E-state index contributed by atoms with van der Waals surface area (Å²) in [6.45, 7) is 3.92. The summed E-state index contributed by atoms with van der Waals surface area (Å²) in [6, 6.07) is 11.6. The van der Waals surface area contributed by atoms with Crippen molar-refractivity contribution in [2.75, 3.05) is 36.4 Å². The second kappa shape index (κ2) is 6.49. The maximum Gasteiger partial charge on any atom is 0.266 e. The molecule has 2 aliphatic rings. The Bertz CT molecular complexity index is 701. The van der Waals surface area contributed by atoms with Gasteiger partial charge in [-0.3, -0.25) is 4.79 Å². The van der Waals surface area contributed by atoms with Crippen LogP contribution in [0.2, 0.25) is 0 Å². The smallest absolute Gasteiger partial charge is 0.266 e. The first-order valence-electron chi connectivity index (χ1n) is 8.27. The fourth-order valence-electron chi connectivity index (χ4n) is 3.11. The van der Waals surface area contributed by atoms with Gasteiger partial charge in [0, 0.05) is 32.6 Å². The van der Waals surface area contributed by atoms with E-state index in [2.05, 4.69) is 20.5 Å². The van der Waals surface area contributed by atoms with Crippen molar-refractivity contribution in [2.45, 2.75) is 12.5 Å². The van der Waals surface area contributed by atoms with E-state index in [1.54, 1.807) is 0 Å². The maximum atomic E-state index is 12.4. The number of carbonyl (C=O) groups is 1. The Morgan fingerprint density at radius 2 is 2.04 bits per heavy atom. The molecule has 24 heavy (non-hydrogen) atoms. The number of anilines is 2. The van der Waals surface area contributed by atoms with E-state index in [4.69, 9.17) is 4.74 Å². The number of fused-ring (bicyclic) bond motifs is 1. The quantitative estimate of drug-likeness (QED) is 0.894. The molecule has 2 aliphatic heterocycles. The number of amides is 1. The molecule has 1 saturated heterocycles. The van der Waals surface area contributed by atoms with Crippen LogP contribution in [0.3, 0.4) is 0 Å². The van der Waals surface area contributed by atoms with Gasteiger partial charge in [-0.25, -0.2) is 4.98 Å². The number of rotatable bonds is 3. The summed E-state index contributed by atoms with van der Waals surface area (Å²) in [4.78, 5) is 19.0. The predicted octanol–water partition coefficient (Wildman–Crippen LogP) is 1.43. The Labute approximate surface area is 140 Å². The van der Waals surface area contributed by atoms with Gasteiger partial charge in [0.2, 0.25) is 0 Å². The lowest BCUT2D eigenvalue weighted by Gasteiger charge is -2.29. The molecular formula is C18H20N4O2. The molecule has 4 rings (SSSR count). The number of ether oxygens (including phenoxy) is 1. The summed E-state index contributed by atoms with van der Waals surface area (Å²) in [5.74, 6) is 1.19. The minimum Gasteiger partial charge on any atom is -0.480 e. The molecule has 2 aromatic rings. The summed E-state index contributed by atoms with van der Waals surface area (Å²) in [7, 11) is 0. The zero-order chi connectivity index (χ0) is 16.4. The molecule has 6 heteroatoms. The van der Waals surface area contributed by atoms with E-state index in [9.17, 15) is 4.79 Å². The van der Waals surface area contributed by atoms with Gasteiger partial charge in [0.25, 0.3) is 5.91 Å². The van der Waals surface area contributed by atoms with Gasteiger partial charge in [-0.05, 0) is 23.8 Å². The zero-order valence-corrected chi connectivity index (χ0v) is 13.4. The van der Waals surface area contributed by atoms with Crippen LogP contribution >= 0.6 is 0 Å². The highest BCUT2D eigenvalue weighted by atomic mass is 16.5. The molecule has 0 saturated carbocycles. The van der Waals surface area contributed by atoms with Crippen molar-refractivity contribution >= 4 is 17.4 Å². The fraction of sp³-hybridized carbons (Fsp3) is 0.333. The lowest BCUT2D eigenvalue weighted by molar-refractivity contribution is -0.122. The summed E-state index contributed by atoms with van der Waals surface area (Å²) in [6.07, 6.45) is 1.92. The van der Waals surface area contributed by atoms with E-state index in [-0.39, 0.29) is 5.91 Å². The van der Waals surface area contributed by atoms with E-state index in [0.717, 1.165) is 43.2 Å². The largest absolute Gasteiger partial charge is 0.480 e. The number of nitrogens with zero attached hydrogens (tertiary/aromatic N) is 2. The third kappa shape index (κ3) is 3.05. The number of piperazine rings is 1. The van der Waals surface area contributed by atoms with E-state index < -0.39 is 6.10 Å². The van der Waals surface area contributed by atoms with Crippen LogP contribution in [0, 0.1) is 0 Å². The molecule has 0 bridgehead atoms. The molecule has 1 amide bonds. The highest BCUT2D eigenvalue weighted by molar-refractivity contribution is 5.94. The molecule has 0 radical (unpaired) electrons.